The number of phenolic OH excluding ortho intramolecular Hbond substituents is 1. The zero-order valence-corrected chi connectivity index (χ0v) is 12.4. The molecule has 6 heteroatoms. The summed E-state index contributed by atoms with van der Waals surface area (Å²) in [4.78, 5) is 14.4. The summed E-state index contributed by atoms with van der Waals surface area (Å²) in [5, 5.41) is 11.7. The zero-order valence-electron chi connectivity index (χ0n) is 12.4. The molecule has 0 amide bonds. The number of piperidine rings is 1. The van der Waals surface area contributed by atoms with Crippen molar-refractivity contribution in [3.8, 4) is 5.75 Å². The van der Waals surface area contributed by atoms with Gasteiger partial charge in [0.1, 0.15) is 23.5 Å². The molecule has 3 aromatic rings. The largest absolute Gasteiger partial charge is 0.508 e. The lowest BCUT2D eigenvalue weighted by molar-refractivity contribution is 0.0818. The van der Waals surface area contributed by atoms with E-state index in [0.717, 1.165) is 53.7 Å². The van der Waals surface area contributed by atoms with Crippen molar-refractivity contribution >= 4 is 27.8 Å². The van der Waals surface area contributed by atoms with Crippen LogP contribution in [0.25, 0.3) is 21.9 Å². The van der Waals surface area contributed by atoms with Gasteiger partial charge in [-0.2, -0.15) is 0 Å². The standard InChI is InChI=1S/C16H18N4O2/c1-22-11-4-6-20(7-5-11)16-14-12-8-10(21)2-3-13(12)19-15(14)17-9-18-16/h2-3,8-9,11,21H,4-7H2,1H3,(H,17,18,19). The molecule has 3 heterocycles. The van der Waals surface area contributed by atoms with Crippen LogP contribution in [0.1, 0.15) is 12.8 Å². The van der Waals surface area contributed by atoms with Gasteiger partial charge in [0.2, 0.25) is 0 Å². The van der Waals surface area contributed by atoms with E-state index in [1.165, 1.54) is 0 Å². The number of anilines is 1. The number of nitrogens with zero attached hydrogens (tertiary/aromatic N) is 3. The molecule has 22 heavy (non-hydrogen) atoms. The van der Waals surface area contributed by atoms with Gasteiger partial charge in [-0.1, -0.05) is 0 Å². The lowest BCUT2D eigenvalue weighted by atomic mass is 10.1. The van der Waals surface area contributed by atoms with Crippen molar-refractivity contribution in [2.45, 2.75) is 18.9 Å². The SMILES string of the molecule is COC1CCN(c2ncnc3[nH]c4ccc(O)cc4c23)CC1. The minimum Gasteiger partial charge on any atom is -0.508 e. The number of aromatic amines is 1. The molecule has 114 valence electrons. The predicted octanol–water partition coefficient (Wildman–Crippen LogP) is 2.43. The molecule has 0 unspecified atom stereocenters. The number of methoxy groups -OCH3 is 1. The molecule has 0 radical (unpaired) electrons. The average Bonchev–Trinajstić information content (AvgIpc) is 2.93. The van der Waals surface area contributed by atoms with Crippen molar-refractivity contribution in [1.29, 1.82) is 0 Å². The van der Waals surface area contributed by atoms with Crippen LogP contribution in [0, 0.1) is 0 Å². The summed E-state index contributed by atoms with van der Waals surface area (Å²) < 4.78 is 5.44. The van der Waals surface area contributed by atoms with Crippen molar-refractivity contribution < 1.29 is 9.84 Å². The molecule has 1 saturated heterocycles. The summed E-state index contributed by atoms with van der Waals surface area (Å²) in [6.45, 7) is 1.83. The second kappa shape index (κ2) is 5.14. The van der Waals surface area contributed by atoms with Crippen molar-refractivity contribution in [1.82, 2.24) is 15.0 Å². The first-order chi connectivity index (χ1) is 10.8. The Morgan fingerprint density at radius 2 is 2.09 bits per heavy atom. The third kappa shape index (κ3) is 2.07. The van der Waals surface area contributed by atoms with Gasteiger partial charge in [0, 0.05) is 31.1 Å². The van der Waals surface area contributed by atoms with E-state index < -0.39 is 0 Å². The predicted molar refractivity (Wildman–Crippen MR) is 85.3 cm³/mol. The molecular formula is C16H18N4O2. The number of ether oxygens (including phenoxy) is 1. The molecule has 1 aliphatic rings. The third-order valence-corrected chi connectivity index (χ3v) is 4.43. The molecule has 0 atom stereocenters. The van der Waals surface area contributed by atoms with Crippen molar-refractivity contribution in [3.05, 3.63) is 24.5 Å². The number of hydrogen-bond donors (Lipinski definition) is 2. The first kappa shape index (κ1) is 13.3. The summed E-state index contributed by atoms with van der Waals surface area (Å²) in [6.07, 6.45) is 3.92. The minimum absolute atomic E-state index is 0.251. The van der Waals surface area contributed by atoms with Crippen LogP contribution in [-0.2, 0) is 4.74 Å². The second-order valence-corrected chi connectivity index (χ2v) is 5.70. The van der Waals surface area contributed by atoms with Crippen LogP contribution in [0.2, 0.25) is 0 Å². The number of aromatic nitrogens is 3. The number of rotatable bonds is 2. The number of benzene rings is 1. The molecule has 1 aliphatic heterocycles. The van der Waals surface area contributed by atoms with Crippen molar-refractivity contribution in [2.24, 2.45) is 0 Å². The Bertz CT molecular complexity index is 821. The Balaban J connectivity index is 1.84. The topological polar surface area (TPSA) is 74.3 Å². The lowest BCUT2D eigenvalue weighted by Crippen LogP contribution is -2.37. The molecule has 0 aliphatic carbocycles. The number of nitrogens with one attached hydrogen (secondary N) is 1. The van der Waals surface area contributed by atoms with E-state index in [2.05, 4.69) is 19.9 Å². The van der Waals surface area contributed by atoms with Gasteiger partial charge in [-0.05, 0) is 31.0 Å². The maximum absolute atomic E-state index is 9.79. The van der Waals surface area contributed by atoms with Gasteiger partial charge in [-0.3, -0.25) is 0 Å². The number of phenols is 1. The number of hydrogen-bond acceptors (Lipinski definition) is 5. The van der Waals surface area contributed by atoms with Crippen LogP contribution in [0.4, 0.5) is 5.82 Å². The van der Waals surface area contributed by atoms with Gasteiger partial charge in [0.25, 0.3) is 0 Å². The van der Waals surface area contributed by atoms with Gasteiger partial charge in [0.05, 0.1) is 11.5 Å². The van der Waals surface area contributed by atoms with Gasteiger partial charge >= 0.3 is 0 Å². The molecule has 6 nitrogen and oxygen atoms in total. The highest BCUT2D eigenvalue weighted by atomic mass is 16.5. The fraction of sp³-hybridized carbons (Fsp3) is 0.375. The van der Waals surface area contributed by atoms with E-state index in [4.69, 9.17) is 4.74 Å². The lowest BCUT2D eigenvalue weighted by Gasteiger charge is -2.32. The summed E-state index contributed by atoms with van der Waals surface area (Å²) in [7, 11) is 1.77. The second-order valence-electron chi connectivity index (χ2n) is 5.70. The van der Waals surface area contributed by atoms with Gasteiger partial charge in [-0.15, -0.1) is 0 Å². The van der Waals surface area contributed by atoms with Gasteiger partial charge in [0.15, 0.2) is 0 Å². The maximum atomic E-state index is 9.79. The highest BCUT2D eigenvalue weighted by molar-refractivity contribution is 6.11. The van der Waals surface area contributed by atoms with E-state index >= 15 is 0 Å². The Hall–Kier alpha value is -2.34. The van der Waals surface area contributed by atoms with Crippen LogP contribution < -0.4 is 4.90 Å². The highest BCUT2D eigenvalue weighted by Crippen LogP contribution is 2.34. The Morgan fingerprint density at radius 3 is 2.86 bits per heavy atom. The smallest absolute Gasteiger partial charge is 0.143 e. The van der Waals surface area contributed by atoms with Crippen molar-refractivity contribution in [3.63, 3.8) is 0 Å². The third-order valence-electron chi connectivity index (χ3n) is 4.43. The van der Waals surface area contributed by atoms with E-state index in [9.17, 15) is 5.11 Å². The fourth-order valence-electron chi connectivity index (χ4n) is 3.24. The number of fused-ring (bicyclic) bond motifs is 3. The molecular weight excluding hydrogens is 280 g/mol. The van der Waals surface area contributed by atoms with Crippen LogP contribution >= 0.6 is 0 Å². The van der Waals surface area contributed by atoms with Crippen LogP contribution in [0.3, 0.4) is 0 Å². The summed E-state index contributed by atoms with van der Waals surface area (Å²) in [5.41, 5.74) is 1.76. The minimum atomic E-state index is 0.251. The van der Waals surface area contributed by atoms with Crippen LogP contribution in [-0.4, -0.2) is 46.4 Å². The first-order valence-electron chi connectivity index (χ1n) is 7.49. The van der Waals surface area contributed by atoms with E-state index in [0.29, 0.717) is 6.10 Å². The quantitative estimate of drug-likeness (QED) is 0.760. The molecule has 1 aromatic carbocycles. The normalized spacial score (nSPS) is 16.7. The van der Waals surface area contributed by atoms with E-state index in [-0.39, 0.29) is 5.75 Å². The summed E-state index contributed by atoms with van der Waals surface area (Å²) in [5.74, 6) is 1.18. The van der Waals surface area contributed by atoms with Gasteiger partial charge < -0.3 is 19.7 Å². The fourth-order valence-corrected chi connectivity index (χ4v) is 3.24. The Kier molecular flexibility index (Phi) is 3.11. The molecule has 0 spiro atoms. The summed E-state index contributed by atoms with van der Waals surface area (Å²) in [6, 6.07) is 5.31. The zero-order chi connectivity index (χ0) is 15.1. The Labute approximate surface area is 127 Å². The number of H-pyrrole nitrogens is 1. The first-order valence-corrected chi connectivity index (χ1v) is 7.49. The monoisotopic (exact) mass is 298 g/mol. The molecule has 0 saturated carbocycles. The summed E-state index contributed by atoms with van der Waals surface area (Å²) >= 11 is 0. The van der Waals surface area contributed by atoms with Crippen molar-refractivity contribution in [2.75, 3.05) is 25.1 Å². The maximum Gasteiger partial charge on any atom is 0.143 e. The highest BCUT2D eigenvalue weighted by Gasteiger charge is 2.22. The van der Waals surface area contributed by atoms with E-state index in [1.807, 2.05) is 6.07 Å². The molecule has 0 bridgehead atoms. The molecule has 2 aromatic heterocycles. The molecule has 2 N–H and O–H groups in total. The molecule has 4 rings (SSSR count). The molecule has 1 fully saturated rings. The van der Waals surface area contributed by atoms with Crippen LogP contribution in [0.5, 0.6) is 5.75 Å². The number of aromatic hydroxyl groups is 1. The van der Waals surface area contributed by atoms with Gasteiger partial charge in [-0.25, -0.2) is 9.97 Å². The average molecular weight is 298 g/mol. The van der Waals surface area contributed by atoms with E-state index in [1.54, 1.807) is 25.6 Å². The van der Waals surface area contributed by atoms with Crippen LogP contribution in [0.15, 0.2) is 24.5 Å². The Morgan fingerprint density at radius 1 is 1.27 bits per heavy atom.